The fourth-order valence-electron chi connectivity index (χ4n) is 3.12. The van der Waals surface area contributed by atoms with Crippen molar-refractivity contribution in [2.45, 2.75) is 95.1 Å². The van der Waals surface area contributed by atoms with Gasteiger partial charge in [0, 0.05) is 6.04 Å². The van der Waals surface area contributed by atoms with Gasteiger partial charge in [0.15, 0.2) is 0 Å². The highest BCUT2D eigenvalue weighted by atomic mass is 15.0. The van der Waals surface area contributed by atoms with E-state index in [0.29, 0.717) is 6.04 Å². The summed E-state index contributed by atoms with van der Waals surface area (Å²) in [5.74, 6) is 0. The molecule has 0 radical (unpaired) electrons. The van der Waals surface area contributed by atoms with Crippen molar-refractivity contribution in [1.29, 1.82) is 5.26 Å². The monoisotopic (exact) mass is 248 g/mol. The second-order valence-electron chi connectivity index (χ2n) is 6.29. The van der Waals surface area contributed by atoms with E-state index in [0.717, 1.165) is 12.8 Å². The van der Waals surface area contributed by atoms with E-state index in [2.05, 4.69) is 11.4 Å². The molecule has 2 nitrogen and oxygen atoms in total. The Kier molecular flexibility index (Phi) is 5.50. The summed E-state index contributed by atoms with van der Waals surface area (Å²) in [5, 5.41) is 13.3. The molecule has 2 aliphatic carbocycles. The second-order valence-corrected chi connectivity index (χ2v) is 6.29. The molecule has 102 valence electrons. The summed E-state index contributed by atoms with van der Waals surface area (Å²) in [6.07, 6.45) is 16.7. The first kappa shape index (κ1) is 13.9. The summed E-state index contributed by atoms with van der Waals surface area (Å²) >= 11 is 0. The van der Waals surface area contributed by atoms with Crippen molar-refractivity contribution in [3.63, 3.8) is 0 Å². The maximum Gasteiger partial charge on any atom is 0.106 e. The Morgan fingerprint density at radius 2 is 1.22 bits per heavy atom. The first-order valence-electron chi connectivity index (χ1n) is 8.04. The fraction of sp³-hybridized carbons (Fsp3) is 0.938. The standard InChI is InChI=1S/C16H28N2/c17-14-16(18-15-10-11-15)12-8-6-4-2-1-3-5-7-9-13-16/h15,18H,1-13H2. The van der Waals surface area contributed by atoms with Crippen molar-refractivity contribution in [2.24, 2.45) is 0 Å². The minimum Gasteiger partial charge on any atom is -0.297 e. The molecule has 0 aromatic carbocycles. The molecule has 0 saturated heterocycles. The number of nitrogens with zero attached hydrogens (tertiary/aromatic N) is 1. The van der Waals surface area contributed by atoms with Gasteiger partial charge in [-0.3, -0.25) is 5.32 Å². The van der Waals surface area contributed by atoms with E-state index < -0.39 is 0 Å². The summed E-state index contributed by atoms with van der Waals surface area (Å²) in [7, 11) is 0. The van der Waals surface area contributed by atoms with Gasteiger partial charge in [0.25, 0.3) is 0 Å². The molecule has 2 aliphatic rings. The van der Waals surface area contributed by atoms with Gasteiger partial charge in [-0.25, -0.2) is 0 Å². The second kappa shape index (κ2) is 7.14. The predicted octanol–water partition coefficient (Wildman–Crippen LogP) is 4.31. The van der Waals surface area contributed by atoms with Gasteiger partial charge >= 0.3 is 0 Å². The zero-order valence-electron chi connectivity index (χ0n) is 11.7. The third-order valence-corrected chi connectivity index (χ3v) is 4.48. The number of nitrogens with one attached hydrogen (secondary N) is 1. The Bertz CT molecular complexity index is 263. The van der Waals surface area contributed by atoms with Gasteiger partial charge in [0.2, 0.25) is 0 Å². The van der Waals surface area contributed by atoms with Crippen molar-refractivity contribution in [1.82, 2.24) is 5.32 Å². The molecule has 0 spiro atoms. The lowest BCUT2D eigenvalue weighted by Gasteiger charge is -2.28. The van der Waals surface area contributed by atoms with Crippen LogP contribution >= 0.6 is 0 Å². The average molecular weight is 248 g/mol. The molecular formula is C16H28N2. The Morgan fingerprint density at radius 1 is 0.778 bits per heavy atom. The van der Waals surface area contributed by atoms with E-state index in [4.69, 9.17) is 0 Å². The highest BCUT2D eigenvalue weighted by Gasteiger charge is 2.35. The van der Waals surface area contributed by atoms with Gasteiger partial charge in [0.1, 0.15) is 5.54 Å². The smallest absolute Gasteiger partial charge is 0.106 e. The van der Waals surface area contributed by atoms with Crippen molar-refractivity contribution in [3.05, 3.63) is 0 Å². The first-order chi connectivity index (χ1) is 8.85. The number of hydrogen-bond donors (Lipinski definition) is 1. The van der Waals surface area contributed by atoms with Crippen LogP contribution in [0.5, 0.6) is 0 Å². The van der Waals surface area contributed by atoms with Crippen molar-refractivity contribution in [3.8, 4) is 6.07 Å². The largest absolute Gasteiger partial charge is 0.297 e. The third-order valence-electron chi connectivity index (χ3n) is 4.48. The van der Waals surface area contributed by atoms with E-state index in [9.17, 15) is 5.26 Å². The molecule has 0 aliphatic heterocycles. The minimum absolute atomic E-state index is 0.194. The Hall–Kier alpha value is -0.550. The van der Waals surface area contributed by atoms with Crippen LogP contribution in [0.4, 0.5) is 0 Å². The van der Waals surface area contributed by atoms with Crippen LogP contribution < -0.4 is 5.32 Å². The quantitative estimate of drug-likeness (QED) is 0.790. The molecule has 2 saturated carbocycles. The highest BCUT2D eigenvalue weighted by molar-refractivity contribution is 5.09. The van der Waals surface area contributed by atoms with Crippen LogP contribution in [0.1, 0.15) is 83.5 Å². The van der Waals surface area contributed by atoms with E-state index in [-0.39, 0.29) is 5.54 Å². The molecule has 0 atom stereocenters. The lowest BCUT2D eigenvalue weighted by Crippen LogP contribution is -2.45. The zero-order chi connectivity index (χ0) is 12.7. The number of rotatable bonds is 2. The van der Waals surface area contributed by atoms with Crippen LogP contribution in [0, 0.1) is 11.3 Å². The Morgan fingerprint density at radius 3 is 1.61 bits per heavy atom. The summed E-state index contributed by atoms with van der Waals surface area (Å²) in [6.45, 7) is 0. The lowest BCUT2D eigenvalue weighted by atomic mass is 9.86. The van der Waals surface area contributed by atoms with Crippen molar-refractivity contribution in [2.75, 3.05) is 0 Å². The average Bonchev–Trinajstić information content (AvgIpc) is 3.17. The van der Waals surface area contributed by atoms with Gasteiger partial charge < -0.3 is 0 Å². The van der Waals surface area contributed by atoms with Crippen LogP contribution in [0.15, 0.2) is 0 Å². The van der Waals surface area contributed by atoms with E-state index in [1.165, 1.54) is 70.6 Å². The van der Waals surface area contributed by atoms with E-state index in [1.54, 1.807) is 0 Å². The molecule has 0 bridgehead atoms. The molecule has 2 fully saturated rings. The summed E-state index contributed by atoms with van der Waals surface area (Å²) in [5.41, 5.74) is -0.194. The SMILES string of the molecule is N#CC1(NC2CC2)CCCCCCCCCCC1. The number of nitriles is 1. The maximum atomic E-state index is 9.61. The van der Waals surface area contributed by atoms with Gasteiger partial charge in [-0.15, -0.1) is 0 Å². The van der Waals surface area contributed by atoms with Crippen molar-refractivity contribution < 1.29 is 0 Å². The molecule has 1 N–H and O–H groups in total. The maximum absolute atomic E-state index is 9.61. The summed E-state index contributed by atoms with van der Waals surface area (Å²) in [4.78, 5) is 0. The minimum atomic E-state index is -0.194. The zero-order valence-corrected chi connectivity index (χ0v) is 11.7. The van der Waals surface area contributed by atoms with E-state index >= 15 is 0 Å². The van der Waals surface area contributed by atoms with Crippen LogP contribution in [0.25, 0.3) is 0 Å². The van der Waals surface area contributed by atoms with Crippen LogP contribution in [0.2, 0.25) is 0 Å². The van der Waals surface area contributed by atoms with Crippen LogP contribution in [-0.2, 0) is 0 Å². The normalized spacial score (nSPS) is 26.6. The van der Waals surface area contributed by atoms with Crippen LogP contribution in [0.3, 0.4) is 0 Å². The predicted molar refractivity (Wildman–Crippen MR) is 75.3 cm³/mol. The fourth-order valence-corrected chi connectivity index (χ4v) is 3.12. The van der Waals surface area contributed by atoms with Gasteiger partial charge in [-0.2, -0.15) is 5.26 Å². The molecular weight excluding hydrogens is 220 g/mol. The Labute approximate surface area is 112 Å². The third kappa shape index (κ3) is 4.61. The molecule has 0 unspecified atom stereocenters. The summed E-state index contributed by atoms with van der Waals surface area (Å²) < 4.78 is 0. The molecule has 0 aromatic rings. The van der Waals surface area contributed by atoms with Gasteiger partial charge in [-0.1, -0.05) is 57.8 Å². The molecule has 2 rings (SSSR count). The van der Waals surface area contributed by atoms with Crippen molar-refractivity contribution >= 4 is 0 Å². The summed E-state index contributed by atoms with van der Waals surface area (Å²) in [6, 6.07) is 3.28. The molecule has 2 heteroatoms. The molecule has 0 aromatic heterocycles. The van der Waals surface area contributed by atoms with Gasteiger partial charge in [-0.05, 0) is 25.7 Å². The Balaban J connectivity index is 1.87. The first-order valence-corrected chi connectivity index (χ1v) is 8.04. The molecule has 18 heavy (non-hydrogen) atoms. The molecule has 0 heterocycles. The number of hydrogen-bond acceptors (Lipinski definition) is 2. The lowest BCUT2D eigenvalue weighted by molar-refractivity contribution is 0.326. The highest BCUT2D eigenvalue weighted by Crippen LogP contribution is 2.29. The topological polar surface area (TPSA) is 35.8 Å². The molecule has 0 amide bonds. The van der Waals surface area contributed by atoms with Crippen LogP contribution in [-0.4, -0.2) is 11.6 Å². The van der Waals surface area contributed by atoms with E-state index in [1.807, 2.05) is 0 Å². The van der Waals surface area contributed by atoms with Gasteiger partial charge in [0.05, 0.1) is 6.07 Å².